The Morgan fingerprint density at radius 3 is 2.90 bits per heavy atom. The summed E-state index contributed by atoms with van der Waals surface area (Å²) >= 11 is 0. The zero-order valence-electron chi connectivity index (χ0n) is 10.8. The zero-order chi connectivity index (χ0) is 14.6. The molecule has 7 heteroatoms. The predicted octanol–water partition coefficient (Wildman–Crippen LogP) is 1.59. The fourth-order valence-electron chi connectivity index (χ4n) is 1.57. The lowest BCUT2D eigenvalue weighted by Crippen LogP contribution is -2.23. The summed E-state index contributed by atoms with van der Waals surface area (Å²) in [6.07, 6.45) is 2.27. The van der Waals surface area contributed by atoms with Crippen LogP contribution in [-0.4, -0.2) is 13.4 Å². The van der Waals surface area contributed by atoms with E-state index in [-0.39, 0.29) is 17.0 Å². The second-order valence-corrected chi connectivity index (χ2v) is 5.81. The van der Waals surface area contributed by atoms with Crippen LogP contribution in [0.15, 0.2) is 39.8 Å². The molecule has 1 aromatic carbocycles. The molecule has 1 aromatic heterocycles. The van der Waals surface area contributed by atoms with E-state index in [1.54, 1.807) is 12.3 Å². The highest BCUT2D eigenvalue weighted by Crippen LogP contribution is 2.12. The minimum atomic E-state index is -3.69. The predicted molar refractivity (Wildman–Crippen MR) is 71.1 cm³/mol. The lowest BCUT2D eigenvalue weighted by molar-refractivity contribution is 0.452. The number of nitriles is 1. The average Bonchev–Trinajstić information content (AvgIpc) is 2.93. The van der Waals surface area contributed by atoms with Gasteiger partial charge in [0.1, 0.15) is 5.76 Å². The van der Waals surface area contributed by atoms with Gasteiger partial charge in [-0.1, -0.05) is 13.0 Å². The highest BCUT2D eigenvalue weighted by molar-refractivity contribution is 7.89. The van der Waals surface area contributed by atoms with Gasteiger partial charge in [-0.3, -0.25) is 0 Å². The van der Waals surface area contributed by atoms with E-state index in [9.17, 15) is 8.42 Å². The van der Waals surface area contributed by atoms with Gasteiger partial charge in [0.05, 0.1) is 29.3 Å². The van der Waals surface area contributed by atoms with E-state index in [0.29, 0.717) is 18.1 Å². The quantitative estimate of drug-likeness (QED) is 0.902. The maximum absolute atomic E-state index is 12.1. The standard InChI is InChI=1S/C13H13N3O3S/c1-2-11-8-15-13(19-11)9-16-20(17,18)12-5-3-4-10(6-12)7-14/h3-6,8,16H,2,9H2,1H3. The minimum absolute atomic E-state index is 0.0287. The number of hydrogen-bond acceptors (Lipinski definition) is 5. The third-order valence-corrected chi connectivity index (χ3v) is 4.04. The third-order valence-electron chi connectivity index (χ3n) is 2.64. The van der Waals surface area contributed by atoms with Gasteiger partial charge in [-0.05, 0) is 18.2 Å². The molecule has 0 radical (unpaired) electrons. The van der Waals surface area contributed by atoms with Crippen molar-refractivity contribution >= 4 is 10.0 Å². The Labute approximate surface area is 117 Å². The highest BCUT2D eigenvalue weighted by atomic mass is 32.2. The SMILES string of the molecule is CCc1cnc(CNS(=O)(=O)c2cccc(C#N)c2)o1. The molecule has 0 aliphatic rings. The van der Waals surface area contributed by atoms with E-state index in [0.717, 1.165) is 0 Å². The van der Waals surface area contributed by atoms with Crippen LogP contribution in [0.4, 0.5) is 0 Å². The molecule has 6 nitrogen and oxygen atoms in total. The molecule has 0 unspecified atom stereocenters. The van der Waals surface area contributed by atoms with E-state index in [1.807, 2.05) is 13.0 Å². The molecular formula is C13H13N3O3S. The van der Waals surface area contributed by atoms with E-state index in [1.165, 1.54) is 18.2 Å². The van der Waals surface area contributed by atoms with Gasteiger partial charge >= 0.3 is 0 Å². The first-order chi connectivity index (χ1) is 9.55. The molecule has 0 saturated heterocycles. The van der Waals surface area contributed by atoms with Crippen molar-refractivity contribution in [3.8, 4) is 6.07 Å². The summed E-state index contributed by atoms with van der Waals surface area (Å²) in [5, 5.41) is 8.78. The normalized spacial score (nSPS) is 11.2. The summed E-state index contributed by atoms with van der Waals surface area (Å²) < 4.78 is 31.8. The summed E-state index contributed by atoms with van der Waals surface area (Å²) in [5.41, 5.74) is 0.289. The Balaban J connectivity index is 2.13. The van der Waals surface area contributed by atoms with Crippen molar-refractivity contribution in [1.82, 2.24) is 9.71 Å². The molecule has 0 spiro atoms. The molecule has 0 aliphatic carbocycles. The molecule has 1 heterocycles. The number of oxazole rings is 1. The van der Waals surface area contributed by atoms with Crippen LogP contribution in [-0.2, 0) is 23.0 Å². The highest BCUT2D eigenvalue weighted by Gasteiger charge is 2.15. The zero-order valence-corrected chi connectivity index (χ0v) is 11.6. The van der Waals surface area contributed by atoms with Crippen LogP contribution in [0.2, 0.25) is 0 Å². The van der Waals surface area contributed by atoms with E-state index in [2.05, 4.69) is 9.71 Å². The molecule has 0 amide bonds. The van der Waals surface area contributed by atoms with Crippen LogP contribution in [0.25, 0.3) is 0 Å². The number of nitrogens with one attached hydrogen (secondary N) is 1. The number of sulfonamides is 1. The topological polar surface area (TPSA) is 96.0 Å². The second-order valence-electron chi connectivity index (χ2n) is 4.04. The van der Waals surface area contributed by atoms with Crippen molar-refractivity contribution < 1.29 is 12.8 Å². The van der Waals surface area contributed by atoms with Crippen LogP contribution < -0.4 is 4.72 Å². The summed E-state index contributed by atoms with van der Waals surface area (Å²) in [5.74, 6) is 1.01. The monoisotopic (exact) mass is 291 g/mol. The lowest BCUT2D eigenvalue weighted by atomic mass is 10.2. The number of benzene rings is 1. The molecule has 1 N–H and O–H groups in total. The van der Waals surface area contributed by atoms with Crippen molar-refractivity contribution in [2.45, 2.75) is 24.8 Å². The summed E-state index contributed by atoms with van der Waals surface area (Å²) in [4.78, 5) is 4.01. The molecule has 2 aromatic rings. The first-order valence-electron chi connectivity index (χ1n) is 5.98. The number of aromatic nitrogens is 1. The van der Waals surface area contributed by atoms with E-state index in [4.69, 9.17) is 9.68 Å². The molecule has 0 saturated carbocycles. The Morgan fingerprint density at radius 2 is 2.25 bits per heavy atom. The van der Waals surface area contributed by atoms with Gasteiger partial charge in [0.25, 0.3) is 0 Å². The van der Waals surface area contributed by atoms with Crippen molar-refractivity contribution in [2.75, 3.05) is 0 Å². The van der Waals surface area contributed by atoms with Gasteiger partial charge < -0.3 is 4.42 Å². The first-order valence-corrected chi connectivity index (χ1v) is 7.47. The summed E-state index contributed by atoms with van der Waals surface area (Å²) in [7, 11) is -3.69. The van der Waals surface area contributed by atoms with Crippen LogP contribution >= 0.6 is 0 Å². The fraction of sp³-hybridized carbons (Fsp3) is 0.231. The number of rotatable bonds is 5. The molecule has 2 rings (SSSR count). The Morgan fingerprint density at radius 1 is 1.45 bits per heavy atom. The van der Waals surface area contributed by atoms with E-state index >= 15 is 0 Å². The van der Waals surface area contributed by atoms with Crippen molar-refractivity contribution in [3.63, 3.8) is 0 Å². The fourth-order valence-corrected chi connectivity index (χ4v) is 2.59. The number of aryl methyl sites for hydroxylation is 1. The van der Waals surface area contributed by atoms with Gasteiger partial charge in [-0.15, -0.1) is 0 Å². The summed E-state index contributed by atoms with van der Waals surface area (Å²) in [6.45, 7) is 1.89. The third kappa shape index (κ3) is 3.23. The maximum atomic E-state index is 12.1. The van der Waals surface area contributed by atoms with Gasteiger partial charge in [-0.25, -0.2) is 18.1 Å². The molecule has 0 aliphatic heterocycles. The lowest BCUT2D eigenvalue weighted by Gasteiger charge is -2.04. The Hall–Kier alpha value is -2.17. The van der Waals surface area contributed by atoms with E-state index < -0.39 is 10.0 Å². The Bertz CT molecular complexity index is 744. The van der Waals surface area contributed by atoms with Crippen LogP contribution in [0.1, 0.15) is 24.1 Å². The number of nitrogens with zero attached hydrogens (tertiary/aromatic N) is 2. The molecular weight excluding hydrogens is 278 g/mol. The molecule has 0 atom stereocenters. The smallest absolute Gasteiger partial charge is 0.241 e. The van der Waals surface area contributed by atoms with Gasteiger partial charge in [-0.2, -0.15) is 5.26 Å². The van der Waals surface area contributed by atoms with Crippen molar-refractivity contribution in [3.05, 3.63) is 47.7 Å². The molecule has 0 fully saturated rings. The maximum Gasteiger partial charge on any atom is 0.241 e. The molecule has 0 bridgehead atoms. The minimum Gasteiger partial charge on any atom is -0.444 e. The first kappa shape index (κ1) is 14.2. The number of hydrogen-bond donors (Lipinski definition) is 1. The molecule has 104 valence electrons. The van der Waals surface area contributed by atoms with Crippen LogP contribution in [0.3, 0.4) is 0 Å². The summed E-state index contributed by atoms with van der Waals surface area (Å²) in [6, 6.07) is 7.71. The average molecular weight is 291 g/mol. The van der Waals surface area contributed by atoms with Gasteiger partial charge in [0.15, 0.2) is 0 Å². The van der Waals surface area contributed by atoms with Crippen molar-refractivity contribution in [1.29, 1.82) is 5.26 Å². The van der Waals surface area contributed by atoms with Crippen LogP contribution in [0, 0.1) is 11.3 Å². The second kappa shape index (κ2) is 5.86. The van der Waals surface area contributed by atoms with Gasteiger partial charge in [0.2, 0.25) is 15.9 Å². The Kier molecular flexibility index (Phi) is 4.17. The van der Waals surface area contributed by atoms with Gasteiger partial charge in [0, 0.05) is 6.42 Å². The van der Waals surface area contributed by atoms with Crippen molar-refractivity contribution in [2.24, 2.45) is 0 Å². The van der Waals surface area contributed by atoms with Crippen LogP contribution in [0.5, 0.6) is 0 Å². The molecule has 20 heavy (non-hydrogen) atoms. The largest absolute Gasteiger partial charge is 0.444 e.